The summed E-state index contributed by atoms with van der Waals surface area (Å²) in [4.78, 5) is 0. The van der Waals surface area contributed by atoms with E-state index in [0.29, 0.717) is 19.1 Å². The normalized spacial score (nSPS) is 11.1. The first-order valence-electron chi connectivity index (χ1n) is 5.43. The van der Waals surface area contributed by atoms with Crippen molar-refractivity contribution in [3.05, 3.63) is 24.3 Å². The molecule has 0 saturated carbocycles. The summed E-state index contributed by atoms with van der Waals surface area (Å²) >= 11 is 0. The summed E-state index contributed by atoms with van der Waals surface area (Å²) in [5.74, 6) is 0.560. The van der Waals surface area contributed by atoms with Crippen LogP contribution >= 0.6 is 0 Å². The summed E-state index contributed by atoms with van der Waals surface area (Å²) in [5.41, 5.74) is 2.03. The van der Waals surface area contributed by atoms with Crippen molar-refractivity contribution in [3.63, 3.8) is 0 Å². The number of rotatable bonds is 8. The first kappa shape index (κ1) is 14.4. The van der Waals surface area contributed by atoms with E-state index in [1.165, 1.54) is 0 Å². The highest BCUT2D eigenvalue weighted by atomic mass is 16.7. The minimum Gasteiger partial charge on any atom is -0.348 e. The summed E-state index contributed by atoms with van der Waals surface area (Å²) in [6, 6.07) is 0. The van der Waals surface area contributed by atoms with Crippen LogP contribution in [-0.4, -0.2) is 19.5 Å². The van der Waals surface area contributed by atoms with Crippen LogP contribution in [0.15, 0.2) is 24.3 Å². The van der Waals surface area contributed by atoms with Crippen LogP contribution in [0.2, 0.25) is 0 Å². The minimum atomic E-state index is -0.140. The van der Waals surface area contributed by atoms with E-state index in [-0.39, 0.29) is 6.29 Å². The lowest BCUT2D eigenvalue weighted by Gasteiger charge is -2.20. The van der Waals surface area contributed by atoms with Crippen molar-refractivity contribution in [1.29, 1.82) is 0 Å². The van der Waals surface area contributed by atoms with E-state index >= 15 is 0 Å². The van der Waals surface area contributed by atoms with E-state index in [4.69, 9.17) is 9.47 Å². The molecule has 0 bridgehead atoms. The second kappa shape index (κ2) is 7.66. The fourth-order valence-electron chi connectivity index (χ4n) is 1.04. The molecule has 0 spiro atoms. The Balaban J connectivity index is 3.94. The number of hydrogen-bond donors (Lipinski definition) is 0. The predicted molar refractivity (Wildman–Crippen MR) is 64.8 cm³/mol. The maximum atomic E-state index is 5.60. The van der Waals surface area contributed by atoms with Crippen molar-refractivity contribution in [1.82, 2.24) is 0 Å². The summed E-state index contributed by atoms with van der Waals surface area (Å²) in [6.07, 6.45) is 0.763. The molecule has 0 amide bonds. The lowest BCUT2D eigenvalue weighted by Crippen LogP contribution is -2.21. The van der Waals surface area contributed by atoms with Gasteiger partial charge in [0.25, 0.3) is 0 Å². The fourth-order valence-corrected chi connectivity index (χ4v) is 1.04. The van der Waals surface area contributed by atoms with Crippen molar-refractivity contribution in [3.8, 4) is 0 Å². The molecule has 0 aliphatic carbocycles. The zero-order chi connectivity index (χ0) is 11.8. The van der Waals surface area contributed by atoms with Gasteiger partial charge in [0.15, 0.2) is 6.29 Å². The summed E-state index contributed by atoms with van der Waals surface area (Å²) in [7, 11) is 0. The summed E-state index contributed by atoms with van der Waals surface area (Å²) in [6.45, 7) is 16.9. The van der Waals surface area contributed by atoms with E-state index < -0.39 is 0 Å². The van der Waals surface area contributed by atoms with E-state index in [2.05, 4.69) is 27.0 Å². The monoisotopic (exact) mass is 212 g/mol. The first-order valence-corrected chi connectivity index (χ1v) is 5.43. The van der Waals surface area contributed by atoms with Gasteiger partial charge in [-0.1, -0.05) is 38.2 Å². The van der Waals surface area contributed by atoms with Gasteiger partial charge in [0.1, 0.15) is 0 Å². The molecule has 0 aromatic rings. The van der Waals surface area contributed by atoms with Crippen molar-refractivity contribution >= 4 is 0 Å². The summed E-state index contributed by atoms with van der Waals surface area (Å²) < 4.78 is 11.2. The van der Waals surface area contributed by atoms with Crippen LogP contribution in [0.3, 0.4) is 0 Å². The molecule has 2 heteroatoms. The van der Waals surface area contributed by atoms with E-state index in [9.17, 15) is 0 Å². The Bertz CT molecular complexity index is 189. The minimum absolute atomic E-state index is 0.140. The third-order valence-corrected chi connectivity index (χ3v) is 1.70. The van der Waals surface area contributed by atoms with Gasteiger partial charge in [-0.3, -0.25) is 0 Å². The van der Waals surface area contributed by atoms with Crippen LogP contribution < -0.4 is 0 Å². The quantitative estimate of drug-likeness (QED) is 0.452. The SMILES string of the molecule is C=C(C)COC(CC(C)C)OCC(=C)C. The molecule has 88 valence electrons. The van der Waals surface area contributed by atoms with Gasteiger partial charge in [0, 0.05) is 6.42 Å². The third-order valence-electron chi connectivity index (χ3n) is 1.70. The lowest BCUT2D eigenvalue weighted by molar-refractivity contribution is -0.138. The molecule has 0 atom stereocenters. The Morgan fingerprint density at radius 3 is 1.67 bits per heavy atom. The Kier molecular flexibility index (Phi) is 7.35. The Labute approximate surface area is 94.0 Å². The van der Waals surface area contributed by atoms with Crippen LogP contribution in [0.4, 0.5) is 0 Å². The molecule has 0 aliphatic rings. The van der Waals surface area contributed by atoms with Crippen LogP contribution in [0.5, 0.6) is 0 Å². The lowest BCUT2D eigenvalue weighted by atomic mass is 10.1. The molecule has 0 fully saturated rings. The summed E-state index contributed by atoms with van der Waals surface area (Å²) in [5, 5.41) is 0. The van der Waals surface area contributed by atoms with Crippen molar-refractivity contribution in [2.75, 3.05) is 13.2 Å². The maximum Gasteiger partial charge on any atom is 0.158 e. The van der Waals surface area contributed by atoms with Crippen LogP contribution in [0.25, 0.3) is 0 Å². The van der Waals surface area contributed by atoms with Gasteiger partial charge in [-0.2, -0.15) is 0 Å². The van der Waals surface area contributed by atoms with Gasteiger partial charge in [0.05, 0.1) is 13.2 Å². The zero-order valence-corrected chi connectivity index (χ0v) is 10.5. The van der Waals surface area contributed by atoms with Crippen LogP contribution in [-0.2, 0) is 9.47 Å². The molecule has 0 aliphatic heterocycles. The van der Waals surface area contributed by atoms with Gasteiger partial charge in [-0.15, -0.1) is 0 Å². The molecule has 0 unspecified atom stereocenters. The molecular weight excluding hydrogens is 188 g/mol. The topological polar surface area (TPSA) is 18.5 Å². The molecule has 0 radical (unpaired) electrons. The van der Waals surface area contributed by atoms with Crippen molar-refractivity contribution in [2.45, 2.75) is 40.4 Å². The average Bonchev–Trinajstić information content (AvgIpc) is 2.08. The number of ether oxygens (including phenoxy) is 2. The van der Waals surface area contributed by atoms with E-state index in [0.717, 1.165) is 17.6 Å². The Morgan fingerprint density at radius 2 is 1.40 bits per heavy atom. The molecule has 0 rings (SSSR count). The first-order chi connectivity index (χ1) is 6.91. The van der Waals surface area contributed by atoms with E-state index in [1.807, 2.05) is 13.8 Å². The van der Waals surface area contributed by atoms with Gasteiger partial charge < -0.3 is 9.47 Å². The highest BCUT2D eigenvalue weighted by Crippen LogP contribution is 2.11. The highest BCUT2D eigenvalue weighted by Gasteiger charge is 2.11. The molecule has 0 aromatic carbocycles. The Morgan fingerprint density at radius 1 is 1.00 bits per heavy atom. The molecule has 2 nitrogen and oxygen atoms in total. The largest absolute Gasteiger partial charge is 0.348 e. The van der Waals surface area contributed by atoms with Gasteiger partial charge in [-0.25, -0.2) is 0 Å². The highest BCUT2D eigenvalue weighted by molar-refractivity contribution is 4.89. The van der Waals surface area contributed by atoms with Crippen LogP contribution in [0.1, 0.15) is 34.1 Å². The van der Waals surface area contributed by atoms with Gasteiger partial charge in [-0.05, 0) is 19.8 Å². The number of hydrogen-bond acceptors (Lipinski definition) is 2. The average molecular weight is 212 g/mol. The van der Waals surface area contributed by atoms with Gasteiger partial charge in [0.2, 0.25) is 0 Å². The molecule has 15 heavy (non-hydrogen) atoms. The standard InChI is InChI=1S/C13H24O2/c1-10(2)7-13(14-8-11(3)4)15-9-12(5)6/h10,13H,3,5,7-9H2,1-2,4,6H3. The molecule has 0 heterocycles. The van der Waals surface area contributed by atoms with Crippen molar-refractivity contribution in [2.24, 2.45) is 5.92 Å². The molecule has 0 N–H and O–H groups in total. The maximum absolute atomic E-state index is 5.60. The van der Waals surface area contributed by atoms with E-state index in [1.54, 1.807) is 0 Å². The van der Waals surface area contributed by atoms with Crippen LogP contribution in [0, 0.1) is 5.92 Å². The molecule has 0 aromatic heterocycles. The predicted octanol–water partition coefficient (Wildman–Crippen LogP) is 3.54. The van der Waals surface area contributed by atoms with Gasteiger partial charge >= 0.3 is 0 Å². The smallest absolute Gasteiger partial charge is 0.158 e. The Hall–Kier alpha value is -0.600. The van der Waals surface area contributed by atoms with Crippen molar-refractivity contribution < 1.29 is 9.47 Å². The molecular formula is C13H24O2. The third kappa shape index (κ3) is 9.70. The fraction of sp³-hybridized carbons (Fsp3) is 0.692. The second-order valence-electron chi connectivity index (χ2n) is 4.60. The molecule has 0 saturated heterocycles. The second-order valence-corrected chi connectivity index (χ2v) is 4.60. The zero-order valence-electron chi connectivity index (χ0n) is 10.5.